The minimum atomic E-state index is -3.57. The average Bonchev–Trinajstić information content (AvgIpc) is 2.93. The molecule has 0 aromatic carbocycles. The van der Waals surface area contributed by atoms with Crippen molar-refractivity contribution in [2.45, 2.75) is 23.4 Å². The molecule has 2 aromatic heterocycles. The molecule has 0 aliphatic heterocycles. The van der Waals surface area contributed by atoms with Gasteiger partial charge in [-0.1, -0.05) is 10.2 Å². The van der Waals surface area contributed by atoms with Crippen molar-refractivity contribution in [3.05, 3.63) is 0 Å². The predicted molar refractivity (Wildman–Crippen MR) is 61.9 cm³/mol. The number of hydrogen-bond donors (Lipinski definition) is 0. The van der Waals surface area contributed by atoms with Gasteiger partial charge in [0, 0.05) is 12.5 Å². The largest absolute Gasteiger partial charge is 0.267 e. The molecule has 0 amide bonds. The number of hydrogen-bond acceptors (Lipinski definition) is 10. The molecule has 12 nitrogen and oxygen atoms in total. The molecule has 110 valence electrons. The van der Waals surface area contributed by atoms with E-state index in [1.54, 1.807) is 0 Å². The Morgan fingerprint density at radius 1 is 0.800 bits per heavy atom. The van der Waals surface area contributed by atoms with Crippen molar-refractivity contribution in [2.24, 2.45) is 0 Å². The normalized spacial score (nSPS) is 12.7. The highest BCUT2D eigenvalue weighted by molar-refractivity contribution is 7.90. The number of sulfone groups is 2. The van der Waals surface area contributed by atoms with E-state index in [1.165, 1.54) is 0 Å². The molecule has 0 unspecified atom stereocenters. The lowest BCUT2D eigenvalue weighted by molar-refractivity contribution is 0.429. The van der Waals surface area contributed by atoms with Crippen LogP contribution in [0.2, 0.25) is 0 Å². The molecule has 2 heterocycles. The second kappa shape index (κ2) is 4.86. The smallest absolute Gasteiger partial charge is 0.221 e. The molecule has 0 atom stereocenters. The van der Waals surface area contributed by atoms with Crippen LogP contribution < -0.4 is 0 Å². The first-order valence-corrected chi connectivity index (χ1v) is 8.90. The van der Waals surface area contributed by atoms with E-state index in [0.717, 1.165) is 21.9 Å². The van der Waals surface area contributed by atoms with Gasteiger partial charge < -0.3 is 0 Å². The highest BCUT2D eigenvalue weighted by Gasteiger charge is 2.20. The standard InChI is InChI=1S/C6H10N8O4S2/c1-19(15,16)5-7-9-11-13(5)3-4-14-6(8-10-12-14)20(2,17)18/h3-4H2,1-2H3. The Kier molecular flexibility index (Phi) is 3.51. The molecule has 0 bridgehead atoms. The highest BCUT2D eigenvalue weighted by atomic mass is 32.2. The fourth-order valence-corrected chi connectivity index (χ4v) is 2.79. The van der Waals surface area contributed by atoms with E-state index in [9.17, 15) is 16.8 Å². The zero-order valence-corrected chi connectivity index (χ0v) is 12.1. The number of nitrogens with zero attached hydrogens (tertiary/aromatic N) is 8. The van der Waals surface area contributed by atoms with Crippen molar-refractivity contribution >= 4 is 19.7 Å². The Morgan fingerprint density at radius 3 is 1.45 bits per heavy atom. The second-order valence-electron chi connectivity index (χ2n) is 3.91. The summed E-state index contributed by atoms with van der Waals surface area (Å²) in [6.45, 7) is 0.00588. The monoisotopic (exact) mass is 322 g/mol. The Morgan fingerprint density at radius 2 is 1.15 bits per heavy atom. The van der Waals surface area contributed by atoms with Gasteiger partial charge in [-0.25, -0.2) is 26.2 Å². The third-order valence-electron chi connectivity index (χ3n) is 2.18. The first-order valence-electron chi connectivity index (χ1n) is 5.12. The summed E-state index contributed by atoms with van der Waals surface area (Å²) < 4.78 is 47.6. The number of tetrazole rings is 2. The number of aromatic nitrogens is 8. The van der Waals surface area contributed by atoms with Crippen molar-refractivity contribution in [2.75, 3.05) is 12.5 Å². The van der Waals surface area contributed by atoms with Crippen LogP contribution in [0, 0.1) is 0 Å². The summed E-state index contributed by atoms with van der Waals surface area (Å²) in [5.41, 5.74) is 0. The maximum Gasteiger partial charge on any atom is 0.267 e. The Bertz CT molecular complexity index is 749. The van der Waals surface area contributed by atoms with Gasteiger partial charge in [0.15, 0.2) is 0 Å². The Balaban J connectivity index is 2.23. The molecular weight excluding hydrogens is 312 g/mol. The predicted octanol–water partition coefficient (Wildman–Crippen LogP) is -2.83. The minimum absolute atomic E-state index is 0.00294. The molecule has 14 heteroatoms. The van der Waals surface area contributed by atoms with Crippen LogP contribution in [0.1, 0.15) is 0 Å². The Labute approximate surface area is 113 Å². The fourth-order valence-electron chi connectivity index (χ4n) is 1.39. The summed E-state index contributed by atoms with van der Waals surface area (Å²) >= 11 is 0. The molecule has 2 rings (SSSR count). The van der Waals surface area contributed by atoms with E-state index in [4.69, 9.17) is 0 Å². The molecule has 0 saturated carbocycles. The van der Waals surface area contributed by atoms with Gasteiger partial charge in [-0.3, -0.25) is 0 Å². The molecule has 0 radical (unpaired) electrons. The van der Waals surface area contributed by atoms with E-state index in [2.05, 4.69) is 31.1 Å². The van der Waals surface area contributed by atoms with Gasteiger partial charge in [-0.05, 0) is 20.9 Å². The zero-order chi connectivity index (χ0) is 15.0. The van der Waals surface area contributed by atoms with Crippen molar-refractivity contribution in [3.8, 4) is 0 Å². The van der Waals surface area contributed by atoms with E-state index in [0.29, 0.717) is 0 Å². The van der Waals surface area contributed by atoms with E-state index in [1.807, 2.05) is 0 Å². The maximum absolute atomic E-state index is 11.4. The van der Waals surface area contributed by atoms with Gasteiger partial charge in [0.1, 0.15) is 0 Å². The maximum atomic E-state index is 11.4. The molecule has 20 heavy (non-hydrogen) atoms. The molecule has 0 aliphatic rings. The summed E-state index contributed by atoms with van der Waals surface area (Å²) in [6, 6.07) is 0. The first-order chi connectivity index (χ1) is 9.19. The fraction of sp³-hybridized carbons (Fsp3) is 0.667. The van der Waals surface area contributed by atoms with Gasteiger partial charge in [0.25, 0.3) is 10.3 Å². The van der Waals surface area contributed by atoms with Gasteiger partial charge in [0.05, 0.1) is 13.1 Å². The van der Waals surface area contributed by atoms with E-state index >= 15 is 0 Å². The quantitative estimate of drug-likeness (QED) is 0.562. The third-order valence-corrected chi connectivity index (χ3v) is 4.10. The van der Waals surface area contributed by atoms with Crippen molar-refractivity contribution in [3.63, 3.8) is 0 Å². The topological polar surface area (TPSA) is 155 Å². The van der Waals surface area contributed by atoms with Crippen LogP contribution in [0.3, 0.4) is 0 Å². The third kappa shape index (κ3) is 2.96. The average molecular weight is 322 g/mol. The lowest BCUT2D eigenvalue weighted by atomic mass is 10.6. The van der Waals surface area contributed by atoms with Crippen LogP contribution in [0.15, 0.2) is 10.3 Å². The summed E-state index contributed by atoms with van der Waals surface area (Å²) in [7, 11) is -7.14. The summed E-state index contributed by atoms with van der Waals surface area (Å²) in [5, 5.41) is 19.7. The number of aryl methyl sites for hydroxylation is 2. The summed E-state index contributed by atoms with van der Waals surface area (Å²) in [6.07, 6.45) is 1.93. The molecule has 0 spiro atoms. The zero-order valence-electron chi connectivity index (χ0n) is 10.4. The van der Waals surface area contributed by atoms with Gasteiger partial charge >= 0.3 is 0 Å². The highest BCUT2D eigenvalue weighted by Crippen LogP contribution is 2.05. The van der Waals surface area contributed by atoms with Gasteiger partial charge in [-0.2, -0.15) is 0 Å². The molecular formula is C6H10N8O4S2. The van der Waals surface area contributed by atoms with E-state index in [-0.39, 0.29) is 23.4 Å². The van der Waals surface area contributed by atoms with Crippen LogP contribution in [-0.2, 0) is 32.8 Å². The number of rotatable bonds is 5. The van der Waals surface area contributed by atoms with Crippen LogP contribution in [0.25, 0.3) is 0 Å². The van der Waals surface area contributed by atoms with Crippen LogP contribution in [0.4, 0.5) is 0 Å². The van der Waals surface area contributed by atoms with Crippen molar-refractivity contribution < 1.29 is 16.8 Å². The van der Waals surface area contributed by atoms with Crippen LogP contribution >= 0.6 is 0 Å². The first kappa shape index (κ1) is 14.4. The van der Waals surface area contributed by atoms with Crippen LogP contribution in [-0.4, -0.2) is 69.8 Å². The summed E-state index contributed by atoms with van der Waals surface area (Å²) in [5.74, 6) is 0. The molecule has 2 aromatic rings. The Hall–Kier alpha value is -1.96. The van der Waals surface area contributed by atoms with Gasteiger partial charge in [-0.15, -0.1) is 0 Å². The SMILES string of the molecule is CS(=O)(=O)c1nnnn1CCn1nnnc1S(C)(=O)=O. The molecule has 0 aliphatic carbocycles. The molecule has 0 fully saturated rings. The lowest BCUT2D eigenvalue weighted by Crippen LogP contribution is -2.18. The molecule has 0 N–H and O–H groups in total. The van der Waals surface area contributed by atoms with Crippen molar-refractivity contribution in [1.29, 1.82) is 0 Å². The second-order valence-corrected chi connectivity index (χ2v) is 7.73. The van der Waals surface area contributed by atoms with Crippen LogP contribution in [0.5, 0.6) is 0 Å². The van der Waals surface area contributed by atoms with Crippen molar-refractivity contribution in [1.82, 2.24) is 40.4 Å². The molecule has 0 saturated heterocycles. The lowest BCUT2D eigenvalue weighted by Gasteiger charge is -2.04. The van der Waals surface area contributed by atoms with Gasteiger partial charge in [0.2, 0.25) is 19.7 Å². The summed E-state index contributed by atoms with van der Waals surface area (Å²) in [4.78, 5) is 0. The minimum Gasteiger partial charge on any atom is -0.221 e. The van der Waals surface area contributed by atoms with E-state index < -0.39 is 19.7 Å².